The van der Waals surface area contributed by atoms with Gasteiger partial charge in [-0.25, -0.2) is 0 Å². The first-order valence-electron chi connectivity index (χ1n) is 11.0. The van der Waals surface area contributed by atoms with Crippen molar-refractivity contribution in [1.29, 1.82) is 0 Å². The molecule has 2 heteroatoms. The molecule has 1 heterocycles. The Morgan fingerprint density at radius 3 is 2.00 bits per heavy atom. The van der Waals surface area contributed by atoms with Crippen molar-refractivity contribution in [1.82, 2.24) is 0 Å². The van der Waals surface area contributed by atoms with Crippen LogP contribution in [0, 0.1) is 0 Å². The van der Waals surface area contributed by atoms with Gasteiger partial charge in [0.25, 0.3) is 0 Å². The van der Waals surface area contributed by atoms with Crippen LogP contribution < -0.4 is 9.64 Å². The fourth-order valence-electron chi connectivity index (χ4n) is 4.62. The van der Waals surface area contributed by atoms with Gasteiger partial charge >= 0.3 is 0 Å². The lowest BCUT2D eigenvalue weighted by Gasteiger charge is -2.42. The van der Waals surface area contributed by atoms with Gasteiger partial charge in [-0.2, -0.15) is 0 Å². The summed E-state index contributed by atoms with van der Waals surface area (Å²) in [6, 6.07) is 38.2. The number of anilines is 2. The lowest BCUT2D eigenvalue weighted by atomic mass is 9.91. The van der Waals surface area contributed by atoms with Crippen LogP contribution in [0.3, 0.4) is 0 Å². The Labute approximate surface area is 188 Å². The second-order valence-electron chi connectivity index (χ2n) is 8.17. The summed E-state index contributed by atoms with van der Waals surface area (Å²) in [6.07, 6.45) is 6.70. The minimum Gasteiger partial charge on any atom is -0.482 e. The zero-order valence-corrected chi connectivity index (χ0v) is 17.6. The molecule has 0 bridgehead atoms. The SMILES string of the molecule is C1=CC2C(C=C1c1ccc(-c3ccccc3)cc1)Oc1ccccc1N2c1ccccc1. The van der Waals surface area contributed by atoms with Crippen molar-refractivity contribution in [2.75, 3.05) is 4.90 Å². The normalized spacial score (nSPS) is 18.9. The molecule has 4 aromatic rings. The van der Waals surface area contributed by atoms with E-state index in [2.05, 4.69) is 120 Å². The Hall–Kier alpha value is -4.04. The first-order valence-corrected chi connectivity index (χ1v) is 11.0. The van der Waals surface area contributed by atoms with E-state index in [-0.39, 0.29) is 12.1 Å². The van der Waals surface area contributed by atoms with Crippen LogP contribution in [0.5, 0.6) is 5.75 Å². The Morgan fingerprint density at radius 2 is 1.22 bits per heavy atom. The third-order valence-electron chi connectivity index (χ3n) is 6.20. The summed E-state index contributed by atoms with van der Waals surface area (Å²) in [5.41, 5.74) is 7.13. The predicted octanol–water partition coefficient (Wildman–Crippen LogP) is 7.27. The molecule has 2 nitrogen and oxygen atoms in total. The summed E-state index contributed by atoms with van der Waals surface area (Å²) < 4.78 is 6.46. The molecular weight excluding hydrogens is 390 g/mol. The van der Waals surface area contributed by atoms with Crippen LogP contribution in [0.2, 0.25) is 0 Å². The summed E-state index contributed by atoms with van der Waals surface area (Å²) in [7, 11) is 0. The molecule has 6 rings (SSSR count). The highest BCUT2D eigenvalue weighted by molar-refractivity contribution is 5.80. The van der Waals surface area contributed by atoms with E-state index in [0.29, 0.717) is 0 Å². The molecule has 0 aromatic heterocycles. The molecule has 1 aliphatic heterocycles. The van der Waals surface area contributed by atoms with Crippen LogP contribution in [0.1, 0.15) is 5.56 Å². The second-order valence-corrected chi connectivity index (χ2v) is 8.17. The van der Waals surface area contributed by atoms with E-state index in [1.807, 2.05) is 12.1 Å². The molecule has 2 aliphatic rings. The smallest absolute Gasteiger partial charge is 0.144 e. The van der Waals surface area contributed by atoms with E-state index in [1.165, 1.54) is 28.0 Å². The number of nitrogens with zero attached hydrogens (tertiary/aromatic N) is 1. The van der Waals surface area contributed by atoms with Gasteiger partial charge in [-0.3, -0.25) is 0 Å². The molecule has 32 heavy (non-hydrogen) atoms. The lowest BCUT2D eigenvalue weighted by molar-refractivity contribution is 0.219. The lowest BCUT2D eigenvalue weighted by Crippen LogP contribution is -2.46. The van der Waals surface area contributed by atoms with Gasteiger partial charge in [0, 0.05) is 5.69 Å². The molecule has 2 atom stereocenters. The van der Waals surface area contributed by atoms with Crippen molar-refractivity contribution >= 4 is 16.9 Å². The van der Waals surface area contributed by atoms with E-state index in [9.17, 15) is 0 Å². The van der Waals surface area contributed by atoms with Crippen LogP contribution in [-0.2, 0) is 0 Å². The maximum Gasteiger partial charge on any atom is 0.144 e. The minimum absolute atomic E-state index is 0.0566. The van der Waals surface area contributed by atoms with Gasteiger partial charge in [-0.1, -0.05) is 97.1 Å². The highest BCUT2D eigenvalue weighted by atomic mass is 16.5. The Kier molecular flexibility index (Phi) is 4.62. The molecule has 2 unspecified atom stereocenters. The summed E-state index contributed by atoms with van der Waals surface area (Å²) in [6.45, 7) is 0. The highest BCUT2D eigenvalue weighted by Gasteiger charge is 2.35. The molecule has 1 aliphatic carbocycles. The monoisotopic (exact) mass is 413 g/mol. The summed E-state index contributed by atoms with van der Waals surface area (Å²) >= 11 is 0. The molecule has 0 fully saturated rings. The Balaban J connectivity index is 1.35. The number of hydrogen-bond acceptors (Lipinski definition) is 2. The average molecular weight is 414 g/mol. The van der Waals surface area contributed by atoms with Crippen molar-refractivity contribution in [3.8, 4) is 16.9 Å². The molecule has 154 valence electrons. The highest BCUT2D eigenvalue weighted by Crippen LogP contribution is 2.43. The van der Waals surface area contributed by atoms with Crippen LogP contribution in [-0.4, -0.2) is 12.1 Å². The number of hydrogen-bond donors (Lipinski definition) is 0. The zero-order valence-electron chi connectivity index (χ0n) is 17.6. The number of fused-ring (bicyclic) bond motifs is 2. The molecule has 0 spiro atoms. The van der Waals surface area contributed by atoms with Crippen LogP contribution in [0.15, 0.2) is 127 Å². The number of ether oxygens (including phenoxy) is 1. The fraction of sp³-hybridized carbons (Fsp3) is 0.0667. The fourth-order valence-corrected chi connectivity index (χ4v) is 4.62. The standard InChI is InChI=1S/C30H23NO/c1-3-9-22(10-4-1)23-15-17-24(18-16-23)25-19-20-28-30(21-25)32-29-14-8-7-13-27(29)31(28)26-11-5-2-6-12-26/h1-21,28,30H. The molecule has 0 N–H and O–H groups in total. The van der Waals surface area contributed by atoms with Gasteiger partial charge in [0.05, 0.1) is 11.7 Å². The van der Waals surface area contributed by atoms with Crippen molar-refractivity contribution < 1.29 is 4.74 Å². The quantitative estimate of drug-likeness (QED) is 0.350. The van der Waals surface area contributed by atoms with E-state index in [1.54, 1.807) is 0 Å². The van der Waals surface area contributed by atoms with Crippen molar-refractivity contribution in [3.63, 3.8) is 0 Å². The second kappa shape index (κ2) is 7.90. The molecular formula is C30H23NO. The third-order valence-corrected chi connectivity index (χ3v) is 6.20. The molecule has 0 radical (unpaired) electrons. The van der Waals surface area contributed by atoms with E-state index in [0.717, 1.165) is 11.4 Å². The van der Waals surface area contributed by atoms with Gasteiger partial charge in [0.15, 0.2) is 0 Å². The summed E-state index contributed by atoms with van der Waals surface area (Å²) in [5.74, 6) is 0.919. The van der Waals surface area contributed by atoms with E-state index in [4.69, 9.17) is 4.74 Å². The maximum absolute atomic E-state index is 6.46. The minimum atomic E-state index is -0.0566. The number of rotatable bonds is 3. The first-order chi connectivity index (χ1) is 15.9. The van der Waals surface area contributed by atoms with E-state index < -0.39 is 0 Å². The van der Waals surface area contributed by atoms with Crippen LogP contribution in [0.4, 0.5) is 11.4 Å². The molecule has 0 amide bonds. The third kappa shape index (κ3) is 3.30. The number of allylic oxidation sites excluding steroid dienone is 2. The molecule has 0 saturated heterocycles. The predicted molar refractivity (Wildman–Crippen MR) is 132 cm³/mol. The molecule has 0 saturated carbocycles. The van der Waals surface area contributed by atoms with Gasteiger partial charge < -0.3 is 9.64 Å². The van der Waals surface area contributed by atoms with Gasteiger partial charge in [0.2, 0.25) is 0 Å². The van der Waals surface area contributed by atoms with E-state index >= 15 is 0 Å². The number of para-hydroxylation sites is 3. The van der Waals surface area contributed by atoms with Gasteiger partial charge in [-0.15, -0.1) is 0 Å². The zero-order chi connectivity index (χ0) is 21.3. The Morgan fingerprint density at radius 1 is 0.594 bits per heavy atom. The maximum atomic E-state index is 6.46. The summed E-state index contributed by atoms with van der Waals surface area (Å²) in [4.78, 5) is 2.38. The first kappa shape index (κ1) is 18.7. The Bertz CT molecular complexity index is 1290. The van der Waals surface area contributed by atoms with Crippen molar-refractivity contribution in [2.24, 2.45) is 0 Å². The van der Waals surface area contributed by atoms with Crippen molar-refractivity contribution in [3.05, 3.63) is 133 Å². The topological polar surface area (TPSA) is 12.5 Å². The average Bonchev–Trinajstić information content (AvgIpc) is 2.88. The summed E-state index contributed by atoms with van der Waals surface area (Å²) in [5, 5.41) is 0. The largest absolute Gasteiger partial charge is 0.482 e. The van der Waals surface area contributed by atoms with Crippen LogP contribution in [0.25, 0.3) is 16.7 Å². The van der Waals surface area contributed by atoms with Gasteiger partial charge in [-0.05, 0) is 52.6 Å². The molecule has 4 aromatic carbocycles. The van der Waals surface area contributed by atoms with Gasteiger partial charge in [0.1, 0.15) is 11.9 Å². The van der Waals surface area contributed by atoms with Crippen LogP contribution >= 0.6 is 0 Å². The number of benzene rings is 4. The van der Waals surface area contributed by atoms with Crippen molar-refractivity contribution in [2.45, 2.75) is 12.1 Å².